The fraction of sp³-hybridized carbons (Fsp3) is 0.500. The van der Waals surface area contributed by atoms with Gasteiger partial charge in [0.15, 0.2) is 0 Å². The lowest BCUT2D eigenvalue weighted by Gasteiger charge is -2.25. The van der Waals surface area contributed by atoms with Gasteiger partial charge >= 0.3 is 6.18 Å². The van der Waals surface area contributed by atoms with Gasteiger partial charge in [-0.1, -0.05) is 12.1 Å². The summed E-state index contributed by atoms with van der Waals surface area (Å²) in [5.41, 5.74) is 0.703. The maximum atomic E-state index is 12.4. The van der Waals surface area contributed by atoms with Crippen molar-refractivity contribution in [1.82, 2.24) is 10.2 Å². The van der Waals surface area contributed by atoms with Gasteiger partial charge < -0.3 is 9.64 Å². The summed E-state index contributed by atoms with van der Waals surface area (Å²) >= 11 is 0. The first-order valence-corrected chi connectivity index (χ1v) is 6.59. The third kappa shape index (κ3) is 3.66. The highest BCUT2D eigenvalue weighted by Crippen LogP contribution is 2.29. The van der Waals surface area contributed by atoms with Crippen LogP contribution in [-0.2, 0) is 4.79 Å². The molecule has 7 heteroatoms. The predicted octanol–water partition coefficient (Wildman–Crippen LogP) is 2.47. The summed E-state index contributed by atoms with van der Waals surface area (Å²) in [6, 6.07) is 6.44. The van der Waals surface area contributed by atoms with Gasteiger partial charge in [0, 0.05) is 6.54 Å². The number of amides is 1. The van der Waals surface area contributed by atoms with E-state index in [9.17, 15) is 18.0 Å². The van der Waals surface area contributed by atoms with Crippen LogP contribution in [0.15, 0.2) is 24.3 Å². The SMILES string of the molecule is COc1cccc(C2NC(C)C(=O)N2CCC(F)(F)F)c1. The first kappa shape index (κ1) is 15.6. The van der Waals surface area contributed by atoms with Gasteiger partial charge in [-0.3, -0.25) is 10.1 Å². The number of nitrogens with one attached hydrogen (secondary N) is 1. The van der Waals surface area contributed by atoms with Gasteiger partial charge in [-0.25, -0.2) is 0 Å². The number of hydrogen-bond acceptors (Lipinski definition) is 3. The number of halogens is 3. The smallest absolute Gasteiger partial charge is 0.390 e. The van der Waals surface area contributed by atoms with Crippen LogP contribution in [0, 0.1) is 0 Å². The van der Waals surface area contributed by atoms with E-state index in [1.165, 1.54) is 12.0 Å². The number of ether oxygens (including phenoxy) is 1. The minimum Gasteiger partial charge on any atom is -0.497 e. The van der Waals surface area contributed by atoms with Gasteiger partial charge in [0.25, 0.3) is 0 Å². The molecule has 0 aromatic heterocycles. The van der Waals surface area contributed by atoms with Gasteiger partial charge in [0.05, 0.1) is 19.6 Å². The molecule has 2 atom stereocenters. The number of benzene rings is 1. The van der Waals surface area contributed by atoms with Crippen molar-refractivity contribution in [3.63, 3.8) is 0 Å². The second-order valence-corrected chi connectivity index (χ2v) is 4.96. The molecular formula is C14H17F3N2O2. The molecule has 0 bridgehead atoms. The summed E-state index contributed by atoms with van der Waals surface area (Å²) < 4.78 is 42.3. The molecule has 1 heterocycles. The quantitative estimate of drug-likeness (QED) is 0.929. The number of carbonyl (C=O) groups is 1. The summed E-state index contributed by atoms with van der Waals surface area (Å²) in [6.07, 6.45) is -5.87. The molecule has 1 aromatic rings. The van der Waals surface area contributed by atoms with E-state index in [1.54, 1.807) is 31.2 Å². The summed E-state index contributed by atoms with van der Waals surface area (Å²) in [5, 5.41) is 3.01. The second-order valence-electron chi connectivity index (χ2n) is 4.96. The highest BCUT2D eigenvalue weighted by atomic mass is 19.4. The molecule has 0 radical (unpaired) electrons. The molecule has 1 amide bonds. The van der Waals surface area contributed by atoms with Crippen LogP contribution < -0.4 is 10.1 Å². The maximum Gasteiger partial charge on any atom is 0.390 e. The topological polar surface area (TPSA) is 41.6 Å². The first-order chi connectivity index (χ1) is 9.81. The molecule has 116 valence electrons. The van der Waals surface area contributed by atoms with E-state index in [4.69, 9.17) is 4.74 Å². The van der Waals surface area contributed by atoms with Crippen molar-refractivity contribution in [3.05, 3.63) is 29.8 Å². The fourth-order valence-electron chi connectivity index (χ4n) is 2.35. The van der Waals surface area contributed by atoms with E-state index >= 15 is 0 Å². The number of nitrogens with zero attached hydrogens (tertiary/aromatic N) is 1. The van der Waals surface area contributed by atoms with Gasteiger partial charge in [0.1, 0.15) is 11.9 Å². The van der Waals surface area contributed by atoms with Crippen molar-refractivity contribution in [2.24, 2.45) is 0 Å². The Kier molecular flexibility index (Phi) is 4.41. The number of methoxy groups -OCH3 is 1. The van der Waals surface area contributed by atoms with Crippen molar-refractivity contribution in [2.45, 2.75) is 31.7 Å². The van der Waals surface area contributed by atoms with Crippen molar-refractivity contribution in [2.75, 3.05) is 13.7 Å². The Morgan fingerprint density at radius 3 is 2.71 bits per heavy atom. The average molecular weight is 302 g/mol. The fourth-order valence-corrected chi connectivity index (χ4v) is 2.35. The zero-order valence-electron chi connectivity index (χ0n) is 11.8. The highest BCUT2D eigenvalue weighted by Gasteiger charge is 2.39. The molecule has 1 aliphatic rings. The van der Waals surface area contributed by atoms with Crippen LogP contribution in [0.3, 0.4) is 0 Å². The lowest BCUT2D eigenvalue weighted by molar-refractivity contribution is -0.145. The Morgan fingerprint density at radius 2 is 2.10 bits per heavy atom. The van der Waals surface area contributed by atoms with E-state index in [-0.39, 0.29) is 12.5 Å². The molecule has 2 rings (SSSR count). The molecular weight excluding hydrogens is 285 g/mol. The third-order valence-corrected chi connectivity index (χ3v) is 3.42. The van der Waals surface area contributed by atoms with Gasteiger partial charge in [-0.15, -0.1) is 0 Å². The molecule has 0 aliphatic carbocycles. The van der Waals surface area contributed by atoms with Crippen LogP contribution >= 0.6 is 0 Å². The molecule has 1 fully saturated rings. The molecule has 21 heavy (non-hydrogen) atoms. The van der Waals surface area contributed by atoms with Crippen LogP contribution in [0.5, 0.6) is 5.75 Å². The van der Waals surface area contributed by atoms with Crippen molar-refractivity contribution in [3.8, 4) is 5.75 Å². The summed E-state index contributed by atoms with van der Waals surface area (Å²) in [4.78, 5) is 13.3. The van der Waals surface area contributed by atoms with Crippen LogP contribution in [0.2, 0.25) is 0 Å². The lowest BCUT2D eigenvalue weighted by atomic mass is 10.1. The minimum absolute atomic E-state index is 0.327. The van der Waals surface area contributed by atoms with Gasteiger partial charge in [-0.2, -0.15) is 13.2 Å². The van der Waals surface area contributed by atoms with E-state index in [1.807, 2.05) is 0 Å². The average Bonchev–Trinajstić information content (AvgIpc) is 2.72. The van der Waals surface area contributed by atoms with Crippen LogP contribution in [0.1, 0.15) is 25.1 Å². The lowest BCUT2D eigenvalue weighted by Crippen LogP contribution is -2.33. The Morgan fingerprint density at radius 1 is 1.38 bits per heavy atom. The molecule has 4 nitrogen and oxygen atoms in total. The monoisotopic (exact) mass is 302 g/mol. The predicted molar refractivity (Wildman–Crippen MR) is 70.7 cm³/mol. The summed E-state index contributed by atoms with van der Waals surface area (Å²) in [7, 11) is 1.51. The van der Waals surface area contributed by atoms with Gasteiger partial charge in [0.2, 0.25) is 5.91 Å². The Labute approximate surface area is 120 Å². The largest absolute Gasteiger partial charge is 0.497 e. The second kappa shape index (κ2) is 5.93. The minimum atomic E-state index is -4.29. The van der Waals surface area contributed by atoms with Crippen molar-refractivity contribution < 1.29 is 22.7 Å². The van der Waals surface area contributed by atoms with Crippen LogP contribution in [-0.4, -0.2) is 36.7 Å². The molecule has 1 aliphatic heterocycles. The summed E-state index contributed by atoms with van der Waals surface area (Å²) in [6.45, 7) is 1.28. The third-order valence-electron chi connectivity index (χ3n) is 3.42. The zero-order valence-corrected chi connectivity index (χ0v) is 11.8. The number of carbonyl (C=O) groups excluding carboxylic acids is 1. The normalized spacial score (nSPS) is 22.7. The molecule has 1 aromatic carbocycles. The standard InChI is InChI=1S/C14H17F3N2O2/c1-9-13(20)19(7-6-14(15,16)17)12(18-9)10-4-3-5-11(8-10)21-2/h3-5,8-9,12,18H,6-7H2,1-2H3. The van der Waals surface area contributed by atoms with E-state index < -0.39 is 24.8 Å². The maximum absolute atomic E-state index is 12.4. The number of hydrogen-bond donors (Lipinski definition) is 1. The molecule has 1 N–H and O–H groups in total. The highest BCUT2D eigenvalue weighted by molar-refractivity contribution is 5.84. The Hall–Kier alpha value is -1.76. The number of rotatable bonds is 4. The Balaban J connectivity index is 2.20. The van der Waals surface area contributed by atoms with E-state index in [0.29, 0.717) is 11.3 Å². The van der Waals surface area contributed by atoms with E-state index in [2.05, 4.69) is 5.32 Å². The number of alkyl halides is 3. The molecule has 2 unspecified atom stereocenters. The molecule has 0 saturated carbocycles. The van der Waals surface area contributed by atoms with Crippen molar-refractivity contribution in [1.29, 1.82) is 0 Å². The van der Waals surface area contributed by atoms with Crippen LogP contribution in [0.25, 0.3) is 0 Å². The zero-order chi connectivity index (χ0) is 15.6. The molecule has 1 saturated heterocycles. The van der Waals surface area contributed by atoms with Gasteiger partial charge in [-0.05, 0) is 24.6 Å². The van der Waals surface area contributed by atoms with Crippen molar-refractivity contribution >= 4 is 5.91 Å². The van der Waals surface area contributed by atoms with Crippen LogP contribution in [0.4, 0.5) is 13.2 Å². The first-order valence-electron chi connectivity index (χ1n) is 6.59. The summed E-state index contributed by atoms with van der Waals surface area (Å²) in [5.74, 6) is 0.268. The Bertz CT molecular complexity index is 519. The van der Waals surface area contributed by atoms with E-state index in [0.717, 1.165) is 0 Å². The molecule has 0 spiro atoms.